The summed E-state index contributed by atoms with van der Waals surface area (Å²) in [6, 6.07) is 13.3. The Morgan fingerprint density at radius 2 is 0.829 bits per heavy atom. The third kappa shape index (κ3) is 27.5. The van der Waals surface area contributed by atoms with Crippen molar-refractivity contribution in [3.8, 4) is 0 Å². The molecular weight excluding hydrogens is 1540 g/mol. The number of nitrogens with zero attached hydrogens (tertiary/aromatic N) is 9. The van der Waals surface area contributed by atoms with Crippen LogP contribution in [-0.4, -0.2) is 155 Å². The topological polar surface area (TPSA) is 510 Å². The van der Waals surface area contributed by atoms with E-state index in [1.807, 2.05) is 13.8 Å². The first kappa shape index (κ1) is 86.6. The number of rotatable bonds is 37. The van der Waals surface area contributed by atoms with Crippen LogP contribution < -0.4 is 33.9 Å². The van der Waals surface area contributed by atoms with E-state index in [2.05, 4.69) is 44.9 Å². The van der Waals surface area contributed by atoms with Gasteiger partial charge in [0.2, 0.25) is 38.2 Å². The molecule has 3 atom stereocenters. The van der Waals surface area contributed by atoms with Crippen LogP contribution in [0.4, 0.5) is 45.4 Å². The van der Waals surface area contributed by atoms with Gasteiger partial charge < -0.3 is 87.1 Å². The lowest BCUT2D eigenvalue weighted by atomic mass is 10.1. The Morgan fingerprint density at radius 3 is 1.15 bits per heavy atom. The predicted molar refractivity (Wildman–Crippen MR) is 388 cm³/mol. The van der Waals surface area contributed by atoms with Crippen LogP contribution in [0.2, 0.25) is 0 Å². The number of carbonyl (C=O) groups is 3. The summed E-state index contributed by atoms with van der Waals surface area (Å²) < 4.78 is 164. The van der Waals surface area contributed by atoms with E-state index in [9.17, 15) is 55.6 Å². The van der Waals surface area contributed by atoms with Crippen molar-refractivity contribution in [1.29, 1.82) is 0 Å². The molecule has 0 amide bonds. The molecule has 3 aromatic carbocycles. The van der Waals surface area contributed by atoms with Gasteiger partial charge in [-0.15, -0.1) is 0 Å². The number of benzene rings is 3. The number of carbonyl (C=O) groups excluding carboxylic acids is 3. The highest BCUT2D eigenvalue weighted by Crippen LogP contribution is 2.51. The molecule has 9 N–H and O–H groups in total. The van der Waals surface area contributed by atoms with E-state index in [0.29, 0.717) is 33.4 Å². The van der Waals surface area contributed by atoms with Crippen molar-refractivity contribution < 1.29 is 111 Å². The molecule has 1 saturated carbocycles. The monoisotopic (exact) mass is 1620 g/mol. The minimum atomic E-state index is -3.97. The first-order valence-corrected chi connectivity index (χ1v) is 39.2. The number of hydrogen-bond acceptors (Lipinski definition) is 33. The van der Waals surface area contributed by atoms with Gasteiger partial charge in [0.05, 0.1) is 71.3 Å². The average molecular weight is 1620 g/mol. The molecule has 6 heterocycles. The van der Waals surface area contributed by atoms with Crippen molar-refractivity contribution >= 4 is 92.6 Å². The van der Waals surface area contributed by atoms with E-state index in [4.69, 9.17) is 87.0 Å². The molecule has 1 aliphatic rings. The predicted octanol–water partition coefficient (Wildman–Crippen LogP) is 9.99. The number of hydrogen-bond donors (Lipinski definition) is 6. The molecule has 0 saturated heterocycles. The second kappa shape index (κ2) is 41.4. The summed E-state index contributed by atoms with van der Waals surface area (Å²) in [5.41, 5.74) is 19.1. The Balaban J connectivity index is 0.000000209. The van der Waals surface area contributed by atoms with Gasteiger partial charge in [0.25, 0.3) is 16.7 Å². The van der Waals surface area contributed by atoms with Crippen LogP contribution in [0.5, 0.6) is 0 Å². The summed E-state index contributed by atoms with van der Waals surface area (Å²) in [4.78, 5) is 102. The summed E-state index contributed by atoms with van der Waals surface area (Å²) in [7, 11) is -11.9. The van der Waals surface area contributed by atoms with Crippen LogP contribution in [0.3, 0.4) is 0 Å². The highest BCUT2D eigenvalue weighted by Gasteiger charge is 2.31. The van der Waals surface area contributed by atoms with Crippen LogP contribution in [0.1, 0.15) is 86.8 Å². The standard InChI is InChI=1S/C23H29FN5O8P.C22H29FN5O8P.C21H27FN5O8P/c1-15-6-7-16(10-18(15)24)11-35-38(32,36-13-34-23(31)37-17-4-2-3-5-17)14-33-9-8-29-12-26-19-20(29)27-22(25)28-21(19)30;1-14(2)9-33-22(30)34-12-36-37(31,35-10-16-5-4-15(3)17(23)8-16)13-32-7-6-28-11-25-18-19(28)26-21(24)27-20(18)29;1-13(2)35-21(29)32-11-34-36(30,33-9-15-5-4-14(3)16(22)8-15)12-31-7-6-27-10-24-17-18(27)25-20(23)26-19(17)28/h6-7,10,12,17H,2-5,8-9,11,13-14H2,1H3,(H3,25,27,28,30);4-5,8,11,14H,6-7,9-10,12-13H2,1-3H3,(H3,24,26,27,29);4-5,8,10,13H,6-7,9,11-12H2,1-3H3,(H3,23,25,26,28). The molecule has 0 bridgehead atoms. The fraction of sp³-hybridized carbons (Fsp3) is 0.455. The number of nitrogens with one attached hydrogen (secondary N) is 3. The SMILES string of the molecule is Cc1ccc(COP(=O)(COCCn2cnc3c(=O)[nH]c(N)nc32)OCOC(=O)OC(C)C)cc1F.Cc1ccc(COP(=O)(COCCn2cnc3c(=O)[nH]c(N)nc32)OCOC(=O)OC2CCCC2)cc1F.Cc1ccc(COP(=O)(COCCn2cnc3c(=O)[nH]c(N)nc32)OCOC(=O)OCC(C)C)cc1F. The number of aromatic nitrogens is 12. The lowest BCUT2D eigenvalue weighted by Crippen LogP contribution is -2.17. The van der Waals surface area contributed by atoms with Crippen molar-refractivity contribution in [2.45, 2.75) is 126 Å². The van der Waals surface area contributed by atoms with Gasteiger partial charge in [0.15, 0.2) is 33.5 Å². The van der Waals surface area contributed by atoms with E-state index in [0.717, 1.165) is 25.7 Å². The molecule has 6 aromatic heterocycles. The molecule has 1 fully saturated rings. The number of fused-ring (bicyclic) bond motifs is 3. The molecule has 0 aliphatic heterocycles. The third-order valence-corrected chi connectivity index (χ3v) is 19.9. The highest BCUT2D eigenvalue weighted by atomic mass is 31.2. The maximum atomic E-state index is 13.9. The van der Waals surface area contributed by atoms with Gasteiger partial charge in [0.1, 0.15) is 42.6 Å². The highest BCUT2D eigenvalue weighted by molar-refractivity contribution is 7.54. The minimum absolute atomic E-state index is 0.00591. The van der Waals surface area contributed by atoms with E-state index in [-0.39, 0.29) is 129 Å². The van der Waals surface area contributed by atoms with E-state index < -0.39 is 121 Å². The van der Waals surface area contributed by atoms with Gasteiger partial charge >= 0.3 is 41.3 Å². The zero-order valence-electron chi connectivity index (χ0n) is 61.3. The Labute approximate surface area is 630 Å². The minimum Gasteiger partial charge on any atom is -0.434 e. The molecule has 3 unspecified atom stereocenters. The molecule has 604 valence electrons. The zero-order chi connectivity index (χ0) is 80.4. The van der Waals surface area contributed by atoms with Crippen molar-refractivity contribution in [2.24, 2.45) is 5.92 Å². The number of imidazole rings is 3. The average Bonchev–Trinajstić information content (AvgIpc) is 1.67. The Morgan fingerprint density at radius 1 is 0.495 bits per heavy atom. The van der Waals surface area contributed by atoms with Crippen molar-refractivity contribution in [3.63, 3.8) is 0 Å². The lowest BCUT2D eigenvalue weighted by molar-refractivity contribution is -0.0215. The number of aryl methyl sites for hydroxylation is 3. The van der Waals surface area contributed by atoms with E-state index >= 15 is 0 Å². The van der Waals surface area contributed by atoms with Crippen LogP contribution in [0.15, 0.2) is 88.0 Å². The Hall–Kier alpha value is -9.96. The second-order valence-corrected chi connectivity index (χ2v) is 31.0. The van der Waals surface area contributed by atoms with Crippen LogP contribution in [0, 0.1) is 44.1 Å². The molecule has 1 aliphatic carbocycles. The number of nitrogen functional groups attached to an aromatic ring is 3. The summed E-state index contributed by atoms with van der Waals surface area (Å²) in [5.74, 6) is -1.40. The number of anilines is 3. The van der Waals surface area contributed by atoms with Gasteiger partial charge in [-0.1, -0.05) is 50.2 Å². The van der Waals surface area contributed by atoms with Crippen LogP contribution in [0.25, 0.3) is 33.5 Å². The summed E-state index contributed by atoms with van der Waals surface area (Å²) in [5, 5.41) is 0. The molecule has 0 radical (unpaired) electrons. The first-order valence-electron chi connectivity index (χ1n) is 34.1. The van der Waals surface area contributed by atoms with Crippen molar-refractivity contribution in [2.75, 3.05) is 83.1 Å². The summed E-state index contributed by atoms with van der Waals surface area (Å²) in [6.45, 7) is 9.72. The Bertz CT molecular complexity index is 4980. The number of ether oxygens (including phenoxy) is 9. The van der Waals surface area contributed by atoms with Gasteiger partial charge in [-0.2, -0.15) is 15.0 Å². The lowest BCUT2D eigenvalue weighted by Gasteiger charge is -2.19. The van der Waals surface area contributed by atoms with Crippen LogP contribution in [-0.2, 0) is 123 Å². The van der Waals surface area contributed by atoms with E-state index in [1.165, 1.54) is 46.3 Å². The number of halogens is 3. The van der Waals surface area contributed by atoms with Crippen LogP contribution >= 0.6 is 22.8 Å². The second-order valence-electron chi connectivity index (χ2n) is 25.0. The number of H-pyrrole nitrogens is 3. The Kier molecular flexibility index (Phi) is 32.3. The largest absolute Gasteiger partial charge is 0.510 e. The normalized spacial score (nSPS) is 13.9. The molecule has 0 spiro atoms. The molecule has 10 rings (SSSR count). The fourth-order valence-electron chi connectivity index (χ4n) is 9.60. The molecular formula is C66H85F3N15O24P3. The quantitative estimate of drug-likeness (QED) is 0.00693. The van der Waals surface area contributed by atoms with Crippen molar-refractivity contribution in [1.82, 2.24) is 58.6 Å². The third-order valence-electron chi connectivity index (χ3n) is 15.4. The number of aromatic amines is 3. The van der Waals surface area contributed by atoms with Gasteiger partial charge in [-0.3, -0.25) is 56.6 Å². The smallest absolute Gasteiger partial charge is 0.434 e. The van der Waals surface area contributed by atoms with Crippen molar-refractivity contribution in [3.05, 3.63) is 155 Å². The molecule has 39 nitrogen and oxygen atoms in total. The molecule has 9 aromatic rings. The number of nitrogens with two attached hydrogens (primary N) is 3. The van der Waals surface area contributed by atoms with Gasteiger partial charge in [-0.25, -0.2) is 42.5 Å². The maximum absolute atomic E-state index is 13.9. The van der Waals surface area contributed by atoms with Gasteiger partial charge in [-0.05, 0) is 118 Å². The summed E-state index contributed by atoms with van der Waals surface area (Å²) >= 11 is 0. The molecule has 111 heavy (non-hydrogen) atoms. The fourth-order valence-corrected chi connectivity index (χ4v) is 13.0. The molecule has 45 heteroatoms. The van der Waals surface area contributed by atoms with E-state index in [1.54, 1.807) is 75.6 Å². The zero-order valence-corrected chi connectivity index (χ0v) is 64.0. The first-order chi connectivity index (χ1) is 52.8. The summed E-state index contributed by atoms with van der Waals surface area (Å²) in [6.07, 6.45) is 2.61. The maximum Gasteiger partial charge on any atom is 0.510 e. The van der Waals surface area contributed by atoms with Gasteiger partial charge in [0, 0.05) is 19.6 Å².